The Labute approximate surface area is 180 Å². The van der Waals surface area contributed by atoms with Crippen LogP contribution in [0.25, 0.3) is 0 Å². The Balaban J connectivity index is 2.18. The van der Waals surface area contributed by atoms with Gasteiger partial charge in [0.15, 0.2) is 0 Å². The summed E-state index contributed by atoms with van der Waals surface area (Å²) in [7, 11) is 2.90. The number of rotatable bonds is 14. The zero-order valence-electron chi connectivity index (χ0n) is 17.5. The number of nitrogens with zero attached hydrogens (tertiary/aromatic N) is 1. The van der Waals surface area contributed by atoms with Crippen molar-refractivity contribution in [2.75, 3.05) is 39.0 Å². The van der Waals surface area contributed by atoms with E-state index in [9.17, 15) is 14.4 Å². The molecule has 1 saturated carbocycles. The molecule has 0 aromatic heterocycles. The molecule has 10 heteroatoms. The van der Waals surface area contributed by atoms with Crippen LogP contribution in [-0.2, 0) is 14.4 Å². The molecule has 8 nitrogen and oxygen atoms in total. The molecule has 29 heavy (non-hydrogen) atoms. The van der Waals surface area contributed by atoms with E-state index in [0.717, 1.165) is 58.8 Å². The Morgan fingerprint density at radius 2 is 1.69 bits per heavy atom. The van der Waals surface area contributed by atoms with Gasteiger partial charge in [0, 0.05) is 18.7 Å². The summed E-state index contributed by atoms with van der Waals surface area (Å²) in [6, 6.07) is 0. The second-order valence-electron chi connectivity index (χ2n) is 7.63. The Hall–Kier alpha value is -1.42. The number of thiol groups is 1. The van der Waals surface area contributed by atoms with Gasteiger partial charge in [0.2, 0.25) is 5.91 Å². The number of amides is 3. The van der Waals surface area contributed by atoms with Crippen LogP contribution in [0.3, 0.4) is 0 Å². The quantitative estimate of drug-likeness (QED) is 0.162. The van der Waals surface area contributed by atoms with E-state index < -0.39 is 0 Å². The van der Waals surface area contributed by atoms with Gasteiger partial charge >= 0.3 is 126 Å². The predicted molar refractivity (Wildman–Crippen MR) is 118 cm³/mol. The Morgan fingerprint density at radius 1 is 1.00 bits per heavy atom. The Bertz CT molecular complexity index is 538. The molecular formula is C19H36BN5O3S. The van der Waals surface area contributed by atoms with Crippen molar-refractivity contribution in [2.45, 2.75) is 51.4 Å². The molecule has 3 amide bonds. The van der Waals surface area contributed by atoms with Crippen molar-refractivity contribution in [3.8, 4) is 0 Å². The third kappa shape index (κ3) is 10.8. The van der Waals surface area contributed by atoms with E-state index in [1.165, 1.54) is 0 Å². The molecule has 1 aliphatic rings. The van der Waals surface area contributed by atoms with E-state index in [4.69, 9.17) is 5.31 Å². The minimum atomic E-state index is -0.340. The molecule has 2 atom stereocenters. The fourth-order valence-electron chi connectivity index (χ4n) is 3.68. The van der Waals surface area contributed by atoms with Crippen LogP contribution in [0.2, 0.25) is 0 Å². The number of nitrogens with one attached hydrogen (secondary N) is 4. The number of likely N-dealkylation sites (N-methyl/N-ethyl adjacent to an activating group) is 1. The van der Waals surface area contributed by atoms with Crippen LogP contribution in [0.5, 0.6) is 0 Å². The van der Waals surface area contributed by atoms with E-state index in [2.05, 4.69) is 33.4 Å². The van der Waals surface area contributed by atoms with E-state index >= 15 is 0 Å². The standard InChI is InChI=1S/C19H36BN5O3S/c1-25(12-6-2-3-9-17(26)22-11-14-29)13-10-23-18(27)15-7-4-5-8-16(15)19(28)24-20-21/h15-16,21,29H,2-14H2,1H3,(H,22,26)(H,23,27)(H,24,28)/t15?,16-/m1/s1. The molecule has 0 aromatic carbocycles. The van der Waals surface area contributed by atoms with Crippen LogP contribution in [0.1, 0.15) is 51.4 Å². The third-order valence-electron chi connectivity index (χ3n) is 5.32. The van der Waals surface area contributed by atoms with Crippen LogP contribution in [-0.4, -0.2) is 68.8 Å². The van der Waals surface area contributed by atoms with E-state index in [-0.39, 0.29) is 29.6 Å². The average molecular weight is 425 g/mol. The molecular weight excluding hydrogens is 389 g/mol. The summed E-state index contributed by atoms with van der Waals surface area (Å²) in [6.07, 6.45) is 6.77. The summed E-state index contributed by atoms with van der Waals surface area (Å²) < 4.78 is 0. The SMILES string of the molecule is CN(CCCCCC(=O)NCCS)CCNC(=O)C1CCCC[C@H]1C(=O)NB=N. The van der Waals surface area contributed by atoms with Gasteiger partial charge in [-0.05, 0) is 6.42 Å². The third-order valence-corrected chi connectivity index (χ3v) is 5.55. The molecule has 1 aliphatic carbocycles. The molecule has 0 spiro atoms. The monoisotopic (exact) mass is 425 g/mol. The maximum atomic E-state index is 12.5. The van der Waals surface area contributed by atoms with Crippen molar-refractivity contribution in [3.05, 3.63) is 0 Å². The molecule has 1 unspecified atom stereocenters. The summed E-state index contributed by atoms with van der Waals surface area (Å²) in [5.41, 5.74) is 0. The van der Waals surface area contributed by atoms with Crippen LogP contribution in [0.4, 0.5) is 0 Å². The topological polar surface area (TPSA) is 114 Å². The summed E-state index contributed by atoms with van der Waals surface area (Å²) in [5.74, 6) is -0.182. The minimum absolute atomic E-state index is 0.0598. The van der Waals surface area contributed by atoms with Crippen molar-refractivity contribution in [2.24, 2.45) is 11.8 Å². The first-order chi connectivity index (χ1) is 14.0. The van der Waals surface area contributed by atoms with Crippen LogP contribution in [0, 0.1) is 17.1 Å². The molecule has 1 rings (SSSR count). The molecule has 1 fully saturated rings. The number of carbonyl (C=O) groups excluding carboxylic acids is 3. The van der Waals surface area contributed by atoms with E-state index in [1.807, 2.05) is 7.05 Å². The summed E-state index contributed by atoms with van der Waals surface area (Å²) in [4.78, 5) is 38.3. The van der Waals surface area contributed by atoms with Gasteiger partial charge in [-0.1, -0.05) is 0 Å². The summed E-state index contributed by atoms with van der Waals surface area (Å²) >= 11 is 4.06. The fraction of sp³-hybridized carbons (Fsp3) is 0.842. The van der Waals surface area contributed by atoms with Gasteiger partial charge in [0.1, 0.15) is 0 Å². The van der Waals surface area contributed by atoms with Gasteiger partial charge in [-0.2, -0.15) is 12.6 Å². The van der Waals surface area contributed by atoms with Gasteiger partial charge in [0.25, 0.3) is 0 Å². The van der Waals surface area contributed by atoms with Gasteiger partial charge in [-0.3, -0.25) is 4.79 Å². The first-order valence-corrected chi connectivity index (χ1v) is 11.3. The molecule has 0 radical (unpaired) electrons. The molecule has 0 aliphatic heterocycles. The van der Waals surface area contributed by atoms with Crippen molar-refractivity contribution >= 4 is 37.6 Å². The zero-order valence-corrected chi connectivity index (χ0v) is 18.4. The van der Waals surface area contributed by atoms with Crippen molar-refractivity contribution in [1.29, 1.82) is 5.31 Å². The number of unbranched alkanes of at least 4 members (excludes halogenated alkanes) is 2. The fourth-order valence-corrected chi connectivity index (χ4v) is 3.79. The van der Waals surface area contributed by atoms with Gasteiger partial charge in [-0.15, -0.1) is 0 Å². The summed E-state index contributed by atoms with van der Waals surface area (Å²) in [6.45, 7) is 2.84. The average Bonchev–Trinajstić information content (AvgIpc) is 2.72. The van der Waals surface area contributed by atoms with Crippen molar-refractivity contribution < 1.29 is 14.4 Å². The van der Waals surface area contributed by atoms with Crippen molar-refractivity contribution in [3.63, 3.8) is 0 Å². The molecule has 164 valence electrons. The van der Waals surface area contributed by atoms with Crippen LogP contribution >= 0.6 is 12.6 Å². The van der Waals surface area contributed by atoms with Crippen LogP contribution < -0.4 is 15.9 Å². The van der Waals surface area contributed by atoms with Gasteiger partial charge in [-0.25, -0.2) is 0 Å². The normalized spacial score (nSPS) is 18.7. The first-order valence-electron chi connectivity index (χ1n) is 10.6. The van der Waals surface area contributed by atoms with Gasteiger partial charge in [0.05, 0.1) is 0 Å². The van der Waals surface area contributed by atoms with Crippen LogP contribution in [0.15, 0.2) is 0 Å². The maximum absolute atomic E-state index is 12.5. The number of hydrogen-bond donors (Lipinski definition) is 5. The molecule has 0 bridgehead atoms. The molecule has 0 saturated heterocycles. The molecule has 0 heterocycles. The predicted octanol–water partition coefficient (Wildman–Crippen LogP) is 0.945. The number of hydrogen-bond acceptors (Lipinski definition) is 6. The Kier molecular flexibility index (Phi) is 13.6. The number of carbonyl (C=O) groups is 3. The molecule has 4 N–H and O–H groups in total. The van der Waals surface area contributed by atoms with Crippen molar-refractivity contribution in [1.82, 2.24) is 20.8 Å². The summed E-state index contributed by atoms with van der Waals surface area (Å²) in [5, 5.41) is 15.2. The molecule has 0 aromatic rings. The second kappa shape index (κ2) is 15.4. The Morgan fingerprint density at radius 3 is 2.34 bits per heavy atom. The zero-order chi connectivity index (χ0) is 21.5. The first kappa shape index (κ1) is 25.6. The van der Waals surface area contributed by atoms with E-state index in [1.54, 1.807) is 0 Å². The second-order valence-corrected chi connectivity index (χ2v) is 8.08. The van der Waals surface area contributed by atoms with Gasteiger partial charge < -0.3 is 5.32 Å². The van der Waals surface area contributed by atoms with E-state index in [0.29, 0.717) is 31.7 Å².